The molecular weight excluding hydrogens is 224 g/mol. The van der Waals surface area contributed by atoms with Gasteiger partial charge in [-0.2, -0.15) is 0 Å². The molecule has 1 saturated carbocycles. The molecule has 106 valence electrons. The van der Waals surface area contributed by atoms with Crippen molar-refractivity contribution in [1.82, 2.24) is 0 Å². The number of aliphatic hydroxyl groups excluding tert-OH is 1. The van der Waals surface area contributed by atoms with Crippen molar-refractivity contribution < 1.29 is 9.84 Å². The molecule has 18 heavy (non-hydrogen) atoms. The van der Waals surface area contributed by atoms with Crippen molar-refractivity contribution in [1.29, 1.82) is 0 Å². The summed E-state index contributed by atoms with van der Waals surface area (Å²) in [6.45, 7) is 3.21. The Morgan fingerprint density at radius 1 is 1.11 bits per heavy atom. The van der Waals surface area contributed by atoms with Gasteiger partial charge in [-0.15, -0.1) is 0 Å². The molecule has 1 saturated heterocycles. The Bertz CT molecular complexity index is 223. The Hall–Kier alpha value is -0.0800. The molecule has 0 aromatic heterocycles. The second-order valence-corrected chi connectivity index (χ2v) is 6.25. The summed E-state index contributed by atoms with van der Waals surface area (Å²) in [4.78, 5) is 0. The fraction of sp³-hybridized carbons (Fsp3) is 1.00. The second kappa shape index (κ2) is 7.49. The fourth-order valence-electron chi connectivity index (χ4n) is 3.86. The number of rotatable bonds is 5. The van der Waals surface area contributed by atoms with Crippen molar-refractivity contribution in [2.24, 2.45) is 11.8 Å². The molecule has 1 N–H and O–H groups in total. The van der Waals surface area contributed by atoms with Crippen LogP contribution in [0.15, 0.2) is 0 Å². The van der Waals surface area contributed by atoms with Crippen molar-refractivity contribution in [3.05, 3.63) is 0 Å². The van der Waals surface area contributed by atoms with Crippen LogP contribution in [-0.2, 0) is 4.74 Å². The Labute approximate surface area is 112 Å². The molecule has 1 aliphatic carbocycles. The third-order valence-electron chi connectivity index (χ3n) is 5.04. The standard InChI is InChI=1S/C16H30O2/c1-2-13-7-3-4-9-15(13)16(17)11-10-14-8-5-6-12-18-14/h13-17H,2-12H2,1H3. The van der Waals surface area contributed by atoms with Crippen LogP contribution in [0.3, 0.4) is 0 Å². The molecule has 2 rings (SSSR count). The van der Waals surface area contributed by atoms with Gasteiger partial charge in [0.1, 0.15) is 0 Å². The first-order valence-corrected chi connectivity index (χ1v) is 8.11. The lowest BCUT2D eigenvalue weighted by molar-refractivity contribution is -0.0124. The average Bonchev–Trinajstić information content (AvgIpc) is 2.45. The highest BCUT2D eigenvalue weighted by molar-refractivity contribution is 4.81. The monoisotopic (exact) mass is 254 g/mol. The maximum Gasteiger partial charge on any atom is 0.0576 e. The molecule has 4 unspecified atom stereocenters. The molecule has 2 nitrogen and oxygen atoms in total. The number of hydrogen-bond acceptors (Lipinski definition) is 2. The predicted octanol–water partition coefficient (Wildman–Crippen LogP) is 3.91. The van der Waals surface area contributed by atoms with Gasteiger partial charge in [0.2, 0.25) is 0 Å². The lowest BCUT2D eigenvalue weighted by atomic mass is 9.74. The quantitative estimate of drug-likeness (QED) is 0.806. The Morgan fingerprint density at radius 3 is 2.61 bits per heavy atom. The lowest BCUT2D eigenvalue weighted by Gasteiger charge is -2.35. The van der Waals surface area contributed by atoms with E-state index in [1.54, 1.807) is 0 Å². The van der Waals surface area contributed by atoms with E-state index in [1.165, 1.54) is 51.4 Å². The molecule has 0 aromatic rings. The van der Waals surface area contributed by atoms with Crippen LogP contribution in [0.1, 0.15) is 71.1 Å². The summed E-state index contributed by atoms with van der Waals surface area (Å²) in [5.74, 6) is 1.33. The van der Waals surface area contributed by atoms with Gasteiger partial charge in [-0.1, -0.05) is 32.6 Å². The maximum absolute atomic E-state index is 10.5. The molecule has 4 atom stereocenters. The first-order chi connectivity index (χ1) is 8.81. The summed E-state index contributed by atoms with van der Waals surface area (Å²) in [5.41, 5.74) is 0. The van der Waals surface area contributed by atoms with E-state index in [-0.39, 0.29) is 6.10 Å². The third-order valence-corrected chi connectivity index (χ3v) is 5.04. The summed E-state index contributed by atoms with van der Waals surface area (Å²) in [6.07, 6.45) is 12.6. The highest BCUT2D eigenvalue weighted by atomic mass is 16.5. The van der Waals surface area contributed by atoms with Crippen LogP contribution in [0, 0.1) is 11.8 Å². The van der Waals surface area contributed by atoms with E-state index in [0.29, 0.717) is 12.0 Å². The van der Waals surface area contributed by atoms with E-state index in [0.717, 1.165) is 25.4 Å². The molecule has 0 radical (unpaired) electrons. The number of hydrogen-bond donors (Lipinski definition) is 1. The normalized spacial score (nSPS) is 35.3. The average molecular weight is 254 g/mol. The van der Waals surface area contributed by atoms with Gasteiger partial charge in [0.05, 0.1) is 12.2 Å². The van der Waals surface area contributed by atoms with Gasteiger partial charge in [-0.05, 0) is 50.4 Å². The topological polar surface area (TPSA) is 29.5 Å². The van der Waals surface area contributed by atoms with E-state index in [2.05, 4.69) is 6.92 Å². The lowest BCUT2D eigenvalue weighted by Crippen LogP contribution is -2.31. The highest BCUT2D eigenvalue weighted by Gasteiger charge is 2.30. The first-order valence-electron chi connectivity index (χ1n) is 8.11. The predicted molar refractivity (Wildman–Crippen MR) is 74.6 cm³/mol. The van der Waals surface area contributed by atoms with Crippen LogP contribution >= 0.6 is 0 Å². The van der Waals surface area contributed by atoms with Gasteiger partial charge in [-0.25, -0.2) is 0 Å². The molecule has 0 bridgehead atoms. The zero-order valence-corrected chi connectivity index (χ0v) is 11.9. The number of ether oxygens (including phenoxy) is 1. The first kappa shape index (κ1) is 14.3. The maximum atomic E-state index is 10.5. The minimum atomic E-state index is -0.0826. The van der Waals surface area contributed by atoms with Crippen LogP contribution < -0.4 is 0 Å². The molecule has 1 aliphatic heterocycles. The third kappa shape index (κ3) is 3.96. The Balaban J connectivity index is 1.73. The second-order valence-electron chi connectivity index (χ2n) is 6.25. The van der Waals surface area contributed by atoms with E-state index in [4.69, 9.17) is 4.74 Å². The van der Waals surface area contributed by atoms with Crippen LogP contribution in [0.2, 0.25) is 0 Å². The van der Waals surface area contributed by atoms with Crippen molar-refractivity contribution in [3.8, 4) is 0 Å². The fourth-order valence-corrected chi connectivity index (χ4v) is 3.86. The SMILES string of the molecule is CCC1CCCCC1C(O)CCC1CCCCO1. The highest BCUT2D eigenvalue weighted by Crippen LogP contribution is 2.36. The summed E-state index contributed by atoms with van der Waals surface area (Å²) in [5, 5.41) is 10.5. The van der Waals surface area contributed by atoms with Gasteiger partial charge < -0.3 is 9.84 Å². The van der Waals surface area contributed by atoms with Crippen LogP contribution in [0.5, 0.6) is 0 Å². The minimum absolute atomic E-state index is 0.0826. The molecule has 1 heterocycles. The van der Waals surface area contributed by atoms with E-state index < -0.39 is 0 Å². The molecule has 0 amide bonds. The summed E-state index contributed by atoms with van der Waals surface area (Å²) >= 11 is 0. The van der Waals surface area contributed by atoms with Crippen LogP contribution in [0.25, 0.3) is 0 Å². The van der Waals surface area contributed by atoms with E-state index in [1.807, 2.05) is 0 Å². The summed E-state index contributed by atoms with van der Waals surface area (Å²) < 4.78 is 5.76. The molecular formula is C16H30O2. The largest absolute Gasteiger partial charge is 0.393 e. The van der Waals surface area contributed by atoms with Gasteiger partial charge >= 0.3 is 0 Å². The Morgan fingerprint density at radius 2 is 1.89 bits per heavy atom. The van der Waals surface area contributed by atoms with Crippen molar-refractivity contribution in [2.45, 2.75) is 83.3 Å². The van der Waals surface area contributed by atoms with Gasteiger partial charge in [-0.3, -0.25) is 0 Å². The van der Waals surface area contributed by atoms with Gasteiger partial charge in [0.25, 0.3) is 0 Å². The van der Waals surface area contributed by atoms with Crippen LogP contribution in [-0.4, -0.2) is 23.9 Å². The van der Waals surface area contributed by atoms with Gasteiger partial charge in [0, 0.05) is 6.61 Å². The molecule has 2 fully saturated rings. The number of aliphatic hydroxyl groups is 1. The zero-order chi connectivity index (χ0) is 12.8. The molecule has 0 aromatic carbocycles. The smallest absolute Gasteiger partial charge is 0.0576 e. The van der Waals surface area contributed by atoms with E-state index >= 15 is 0 Å². The Kier molecular flexibility index (Phi) is 5.97. The molecule has 2 heteroatoms. The van der Waals surface area contributed by atoms with Crippen LogP contribution in [0.4, 0.5) is 0 Å². The van der Waals surface area contributed by atoms with Crippen molar-refractivity contribution in [3.63, 3.8) is 0 Å². The van der Waals surface area contributed by atoms with Crippen molar-refractivity contribution >= 4 is 0 Å². The van der Waals surface area contributed by atoms with E-state index in [9.17, 15) is 5.11 Å². The van der Waals surface area contributed by atoms with Gasteiger partial charge in [0.15, 0.2) is 0 Å². The summed E-state index contributed by atoms with van der Waals surface area (Å²) in [6, 6.07) is 0. The molecule has 2 aliphatic rings. The summed E-state index contributed by atoms with van der Waals surface area (Å²) in [7, 11) is 0. The van der Waals surface area contributed by atoms with Crippen molar-refractivity contribution in [2.75, 3.05) is 6.61 Å². The minimum Gasteiger partial charge on any atom is -0.393 e. The molecule has 0 spiro atoms. The zero-order valence-electron chi connectivity index (χ0n) is 11.9.